The normalized spacial score (nSPS) is 15.1. The van der Waals surface area contributed by atoms with E-state index >= 15 is 0 Å². The van der Waals surface area contributed by atoms with Crippen molar-refractivity contribution in [2.75, 3.05) is 6.54 Å². The maximum atomic E-state index is 11.6. The van der Waals surface area contributed by atoms with E-state index in [1.807, 2.05) is 6.92 Å². The molecular formula is C12H24N2O3. The van der Waals surface area contributed by atoms with Crippen LogP contribution in [-0.2, 0) is 9.59 Å². The number of aliphatic carboxylic acids is 1. The van der Waals surface area contributed by atoms with Gasteiger partial charge in [-0.15, -0.1) is 0 Å². The van der Waals surface area contributed by atoms with Crippen molar-refractivity contribution in [1.82, 2.24) is 5.32 Å². The molecule has 0 aliphatic rings. The third-order valence-electron chi connectivity index (χ3n) is 2.68. The summed E-state index contributed by atoms with van der Waals surface area (Å²) in [5.74, 6) is -0.955. The zero-order valence-electron chi connectivity index (χ0n) is 11.1. The molecule has 1 amide bonds. The summed E-state index contributed by atoms with van der Waals surface area (Å²) in [6, 6.07) is -0.858. The predicted octanol–water partition coefficient (Wildman–Crippen LogP) is 0.977. The van der Waals surface area contributed by atoms with Gasteiger partial charge in [0.1, 0.15) is 6.04 Å². The molecular weight excluding hydrogens is 220 g/mol. The highest BCUT2D eigenvalue weighted by atomic mass is 16.4. The molecule has 0 aromatic rings. The first-order chi connectivity index (χ1) is 7.68. The van der Waals surface area contributed by atoms with Crippen LogP contribution >= 0.6 is 0 Å². The van der Waals surface area contributed by atoms with E-state index in [0.717, 1.165) is 0 Å². The monoisotopic (exact) mass is 244 g/mol. The van der Waals surface area contributed by atoms with Crippen molar-refractivity contribution in [3.8, 4) is 0 Å². The fraction of sp³-hybridized carbons (Fsp3) is 0.833. The molecule has 0 rings (SSSR count). The fourth-order valence-electron chi connectivity index (χ4n) is 1.38. The lowest BCUT2D eigenvalue weighted by molar-refractivity contribution is -0.145. The maximum Gasteiger partial charge on any atom is 0.326 e. The van der Waals surface area contributed by atoms with Gasteiger partial charge in [-0.05, 0) is 24.3 Å². The molecule has 2 atom stereocenters. The number of nitrogens with two attached hydrogens (primary N) is 1. The number of carboxylic acid groups (broad SMARTS) is 1. The van der Waals surface area contributed by atoms with Crippen LogP contribution in [0.2, 0.25) is 0 Å². The number of rotatable bonds is 6. The fourth-order valence-corrected chi connectivity index (χ4v) is 1.38. The molecule has 0 saturated heterocycles. The minimum atomic E-state index is -1.00. The number of hydrogen-bond donors (Lipinski definition) is 3. The molecule has 0 aromatic carbocycles. The zero-order valence-corrected chi connectivity index (χ0v) is 11.1. The molecule has 5 nitrogen and oxygen atoms in total. The Kier molecular flexibility index (Phi) is 6.16. The summed E-state index contributed by atoms with van der Waals surface area (Å²) >= 11 is 0. The standard InChI is InChI=1S/C12H24N2O3/c1-8(7-13)5-6-9(15)14-10(11(16)17)12(2,3)4/h8,10H,5-7,13H2,1-4H3,(H,14,15)(H,16,17). The van der Waals surface area contributed by atoms with Gasteiger partial charge in [0.15, 0.2) is 0 Å². The van der Waals surface area contributed by atoms with Crippen LogP contribution in [0.4, 0.5) is 0 Å². The van der Waals surface area contributed by atoms with Crippen molar-refractivity contribution in [2.24, 2.45) is 17.1 Å². The molecule has 2 unspecified atom stereocenters. The van der Waals surface area contributed by atoms with Gasteiger partial charge >= 0.3 is 5.97 Å². The minimum absolute atomic E-state index is 0.229. The van der Waals surface area contributed by atoms with Gasteiger partial charge in [0.2, 0.25) is 5.91 Å². The Balaban J connectivity index is 4.29. The van der Waals surface area contributed by atoms with Gasteiger partial charge in [-0.3, -0.25) is 4.79 Å². The largest absolute Gasteiger partial charge is 0.480 e. The molecule has 0 aromatic heterocycles. The van der Waals surface area contributed by atoms with Gasteiger partial charge in [0, 0.05) is 6.42 Å². The SMILES string of the molecule is CC(CN)CCC(=O)NC(C(=O)O)C(C)(C)C. The summed E-state index contributed by atoms with van der Waals surface area (Å²) in [7, 11) is 0. The van der Waals surface area contributed by atoms with Crippen LogP contribution in [0.25, 0.3) is 0 Å². The van der Waals surface area contributed by atoms with E-state index in [9.17, 15) is 9.59 Å². The van der Waals surface area contributed by atoms with Crippen LogP contribution in [-0.4, -0.2) is 29.6 Å². The van der Waals surface area contributed by atoms with E-state index in [0.29, 0.717) is 19.4 Å². The number of carbonyl (C=O) groups is 2. The van der Waals surface area contributed by atoms with Crippen LogP contribution in [0.1, 0.15) is 40.5 Å². The van der Waals surface area contributed by atoms with E-state index < -0.39 is 17.4 Å². The highest BCUT2D eigenvalue weighted by Crippen LogP contribution is 2.19. The molecule has 4 N–H and O–H groups in total. The van der Waals surface area contributed by atoms with Gasteiger partial charge in [0.25, 0.3) is 0 Å². The number of hydrogen-bond acceptors (Lipinski definition) is 3. The third-order valence-corrected chi connectivity index (χ3v) is 2.68. The summed E-state index contributed by atoms with van der Waals surface area (Å²) in [4.78, 5) is 22.7. The molecule has 100 valence electrons. The average molecular weight is 244 g/mol. The van der Waals surface area contributed by atoms with Crippen LogP contribution in [0.5, 0.6) is 0 Å². The van der Waals surface area contributed by atoms with Crippen LogP contribution in [0, 0.1) is 11.3 Å². The quantitative estimate of drug-likeness (QED) is 0.649. The van der Waals surface area contributed by atoms with E-state index in [2.05, 4.69) is 5.32 Å². The molecule has 5 heteroatoms. The Morgan fingerprint density at radius 2 is 1.88 bits per heavy atom. The highest BCUT2D eigenvalue weighted by molar-refractivity contribution is 5.84. The summed E-state index contributed by atoms with van der Waals surface area (Å²) in [6.45, 7) is 7.86. The predicted molar refractivity (Wildman–Crippen MR) is 66.5 cm³/mol. The second-order valence-electron chi connectivity index (χ2n) is 5.58. The van der Waals surface area contributed by atoms with E-state index in [-0.39, 0.29) is 11.8 Å². The minimum Gasteiger partial charge on any atom is -0.480 e. The maximum absolute atomic E-state index is 11.6. The smallest absolute Gasteiger partial charge is 0.326 e. The summed E-state index contributed by atoms with van der Waals surface area (Å²) in [5, 5.41) is 11.6. The number of nitrogens with one attached hydrogen (secondary N) is 1. The lowest BCUT2D eigenvalue weighted by atomic mass is 9.86. The lowest BCUT2D eigenvalue weighted by Gasteiger charge is -2.27. The second-order valence-corrected chi connectivity index (χ2v) is 5.58. The number of carboxylic acids is 1. The Bertz CT molecular complexity index is 271. The first-order valence-corrected chi connectivity index (χ1v) is 5.90. The van der Waals surface area contributed by atoms with Crippen LogP contribution in [0.15, 0.2) is 0 Å². The first-order valence-electron chi connectivity index (χ1n) is 5.90. The van der Waals surface area contributed by atoms with Gasteiger partial charge < -0.3 is 16.2 Å². The molecule has 0 aliphatic heterocycles. The second kappa shape index (κ2) is 6.59. The van der Waals surface area contributed by atoms with Gasteiger partial charge in [-0.2, -0.15) is 0 Å². The van der Waals surface area contributed by atoms with Crippen LogP contribution in [0.3, 0.4) is 0 Å². The summed E-state index contributed by atoms with van der Waals surface area (Å²) < 4.78 is 0. The highest BCUT2D eigenvalue weighted by Gasteiger charge is 2.32. The molecule has 0 bridgehead atoms. The van der Waals surface area contributed by atoms with E-state index in [1.54, 1.807) is 20.8 Å². The van der Waals surface area contributed by atoms with Crippen molar-refractivity contribution < 1.29 is 14.7 Å². The lowest BCUT2D eigenvalue weighted by Crippen LogP contribution is -2.49. The Morgan fingerprint density at radius 3 is 2.24 bits per heavy atom. The van der Waals surface area contributed by atoms with Crippen molar-refractivity contribution in [3.05, 3.63) is 0 Å². The Hall–Kier alpha value is -1.10. The third kappa shape index (κ3) is 6.26. The molecule has 0 radical (unpaired) electrons. The first kappa shape index (κ1) is 15.9. The van der Waals surface area contributed by atoms with Crippen molar-refractivity contribution in [1.29, 1.82) is 0 Å². The molecule has 17 heavy (non-hydrogen) atoms. The van der Waals surface area contributed by atoms with Crippen molar-refractivity contribution in [3.63, 3.8) is 0 Å². The summed E-state index contributed by atoms with van der Waals surface area (Å²) in [5.41, 5.74) is 4.95. The van der Waals surface area contributed by atoms with Crippen LogP contribution < -0.4 is 11.1 Å². The Morgan fingerprint density at radius 1 is 1.35 bits per heavy atom. The van der Waals surface area contributed by atoms with Crippen molar-refractivity contribution in [2.45, 2.75) is 46.6 Å². The van der Waals surface area contributed by atoms with Gasteiger partial charge in [-0.1, -0.05) is 27.7 Å². The van der Waals surface area contributed by atoms with E-state index in [4.69, 9.17) is 10.8 Å². The van der Waals surface area contributed by atoms with Gasteiger partial charge in [0.05, 0.1) is 0 Å². The number of amides is 1. The average Bonchev–Trinajstić information content (AvgIpc) is 2.20. The van der Waals surface area contributed by atoms with E-state index in [1.165, 1.54) is 0 Å². The Labute approximate surface area is 103 Å². The molecule has 0 heterocycles. The summed E-state index contributed by atoms with van der Waals surface area (Å²) in [6.07, 6.45) is 0.997. The van der Waals surface area contributed by atoms with Crippen molar-refractivity contribution >= 4 is 11.9 Å². The van der Waals surface area contributed by atoms with Gasteiger partial charge in [-0.25, -0.2) is 4.79 Å². The number of carbonyl (C=O) groups excluding carboxylic acids is 1. The topological polar surface area (TPSA) is 92.4 Å². The molecule has 0 spiro atoms. The molecule has 0 saturated carbocycles. The molecule has 0 aliphatic carbocycles. The molecule has 0 fully saturated rings. The zero-order chi connectivity index (χ0) is 13.6.